The maximum atomic E-state index is 13.1. The second-order valence-electron chi connectivity index (χ2n) is 6.81. The second kappa shape index (κ2) is 8.49. The van der Waals surface area contributed by atoms with E-state index in [9.17, 15) is 14.4 Å². The van der Waals surface area contributed by atoms with E-state index < -0.39 is 12.0 Å². The van der Waals surface area contributed by atoms with E-state index in [2.05, 4.69) is 4.98 Å². The zero-order valence-corrected chi connectivity index (χ0v) is 16.2. The van der Waals surface area contributed by atoms with Gasteiger partial charge >= 0.3 is 5.97 Å². The number of rotatable bonds is 9. The fraction of sp³-hybridized carbons (Fsp3) is 0.632. The first kappa shape index (κ1) is 20.2. The van der Waals surface area contributed by atoms with Gasteiger partial charge in [0.1, 0.15) is 5.69 Å². The first-order valence-corrected chi connectivity index (χ1v) is 8.94. The van der Waals surface area contributed by atoms with Gasteiger partial charge in [0.2, 0.25) is 5.91 Å². The number of aromatic amines is 1. The molecule has 1 heterocycles. The van der Waals surface area contributed by atoms with Crippen LogP contribution in [0.15, 0.2) is 0 Å². The SMILES string of the molecule is COCCCN(C(=O)C1CC1)[C@@H](C)C(=O)c1c(C)[nH]c(C(=O)OC)c1C. The van der Waals surface area contributed by atoms with Gasteiger partial charge in [-0.25, -0.2) is 4.79 Å². The van der Waals surface area contributed by atoms with Gasteiger partial charge in [0, 0.05) is 37.4 Å². The number of ether oxygens (including phenoxy) is 2. The molecule has 144 valence electrons. The van der Waals surface area contributed by atoms with Gasteiger partial charge in [0.15, 0.2) is 5.78 Å². The summed E-state index contributed by atoms with van der Waals surface area (Å²) in [6, 6.07) is -0.598. The highest BCUT2D eigenvalue weighted by atomic mass is 16.5. The number of nitrogens with one attached hydrogen (secondary N) is 1. The number of hydrogen-bond acceptors (Lipinski definition) is 5. The molecule has 0 spiro atoms. The minimum Gasteiger partial charge on any atom is -0.464 e. The van der Waals surface area contributed by atoms with Crippen molar-refractivity contribution >= 4 is 17.7 Å². The van der Waals surface area contributed by atoms with E-state index in [4.69, 9.17) is 9.47 Å². The maximum absolute atomic E-state index is 13.1. The number of amides is 1. The number of aryl methyl sites for hydroxylation is 1. The van der Waals surface area contributed by atoms with Crippen molar-refractivity contribution in [2.75, 3.05) is 27.4 Å². The Kier molecular flexibility index (Phi) is 6.58. The molecular formula is C19H28N2O5. The Morgan fingerprint density at radius 2 is 1.88 bits per heavy atom. The number of ketones is 1. The summed E-state index contributed by atoms with van der Waals surface area (Å²) in [5.41, 5.74) is 1.90. The molecule has 0 radical (unpaired) electrons. The molecule has 0 saturated heterocycles. The van der Waals surface area contributed by atoms with Gasteiger partial charge in [0.25, 0.3) is 0 Å². The lowest BCUT2D eigenvalue weighted by Gasteiger charge is -2.29. The van der Waals surface area contributed by atoms with Crippen molar-refractivity contribution < 1.29 is 23.9 Å². The molecule has 2 rings (SSSR count). The quantitative estimate of drug-likeness (QED) is 0.412. The van der Waals surface area contributed by atoms with Crippen LogP contribution in [0.2, 0.25) is 0 Å². The average molecular weight is 364 g/mol. The Morgan fingerprint density at radius 1 is 1.23 bits per heavy atom. The van der Waals surface area contributed by atoms with Crippen LogP contribution in [-0.2, 0) is 14.3 Å². The van der Waals surface area contributed by atoms with Crippen LogP contribution in [0.1, 0.15) is 58.3 Å². The summed E-state index contributed by atoms with van der Waals surface area (Å²) in [5, 5.41) is 0. The third-order valence-electron chi connectivity index (χ3n) is 4.88. The number of Topliss-reactive ketones (excluding diaryl/α,β-unsaturated/α-hetero) is 1. The summed E-state index contributed by atoms with van der Waals surface area (Å²) in [6.45, 7) is 6.22. The van der Waals surface area contributed by atoms with Crippen LogP contribution in [0.25, 0.3) is 0 Å². The Labute approximate surface area is 154 Å². The number of carbonyl (C=O) groups excluding carboxylic acids is 3. The number of carbonyl (C=O) groups is 3. The highest BCUT2D eigenvalue weighted by molar-refractivity contribution is 6.06. The van der Waals surface area contributed by atoms with Gasteiger partial charge in [0.05, 0.1) is 13.2 Å². The molecule has 1 aliphatic carbocycles. The van der Waals surface area contributed by atoms with Crippen LogP contribution in [-0.4, -0.2) is 61.0 Å². The number of nitrogens with zero attached hydrogens (tertiary/aromatic N) is 1. The van der Waals surface area contributed by atoms with Crippen molar-refractivity contribution in [3.05, 3.63) is 22.5 Å². The molecule has 7 heteroatoms. The Bertz CT molecular complexity index is 690. The molecule has 0 bridgehead atoms. The molecule has 0 aromatic carbocycles. The van der Waals surface area contributed by atoms with Crippen molar-refractivity contribution in [3.8, 4) is 0 Å². The minimum absolute atomic E-state index is 0.0287. The number of aromatic nitrogens is 1. The summed E-state index contributed by atoms with van der Waals surface area (Å²) >= 11 is 0. The Morgan fingerprint density at radius 3 is 2.42 bits per heavy atom. The summed E-state index contributed by atoms with van der Waals surface area (Å²) in [7, 11) is 2.91. The van der Waals surface area contributed by atoms with Crippen molar-refractivity contribution in [2.45, 2.75) is 46.1 Å². The molecule has 26 heavy (non-hydrogen) atoms. The molecule has 1 N–H and O–H groups in total. The second-order valence-corrected chi connectivity index (χ2v) is 6.81. The molecule has 1 amide bonds. The lowest BCUT2D eigenvalue weighted by atomic mass is 9.99. The van der Waals surface area contributed by atoms with E-state index in [0.29, 0.717) is 36.4 Å². The van der Waals surface area contributed by atoms with Crippen LogP contribution < -0.4 is 0 Å². The smallest absolute Gasteiger partial charge is 0.354 e. The van der Waals surface area contributed by atoms with Gasteiger partial charge in [-0.3, -0.25) is 9.59 Å². The molecule has 1 atom stereocenters. The van der Waals surface area contributed by atoms with Crippen LogP contribution >= 0.6 is 0 Å². The van der Waals surface area contributed by atoms with Crippen molar-refractivity contribution in [3.63, 3.8) is 0 Å². The van der Waals surface area contributed by atoms with E-state index in [1.165, 1.54) is 7.11 Å². The average Bonchev–Trinajstić information content (AvgIpc) is 3.42. The molecule has 1 fully saturated rings. The van der Waals surface area contributed by atoms with Gasteiger partial charge in [-0.2, -0.15) is 0 Å². The molecule has 7 nitrogen and oxygen atoms in total. The first-order valence-electron chi connectivity index (χ1n) is 8.94. The van der Waals surface area contributed by atoms with E-state index in [0.717, 1.165) is 12.8 Å². The highest BCUT2D eigenvalue weighted by Gasteiger charge is 2.38. The van der Waals surface area contributed by atoms with E-state index in [1.807, 2.05) is 0 Å². The lowest BCUT2D eigenvalue weighted by molar-refractivity contribution is -0.134. The molecule has 0 aliphatic heterocycles. The standard InChI is InChI=1S/C19H28N2O5/c1-11-15(12(2)20-16(11)19(24)26-5)17(22)13(3)21(9-6-10-25-4)18(23)14-7-8-14/h13-14,20H,6-10H2,1-5H3/t13-/m0/s1. The number of hydrogen-bond donors (Lipinski definition) is 1. The first-order chi connectivity index (χ1) is 12.3. The van der Waals surface area contributed by atoms with Gasteiger partial charge < -0.3 is 19.4 Å². The molecule has 1 aromatic rings. The fourth-order valence-electron chi connectivity index (χ4n) is 3.21. The largest absolute Gasteiger partial charge is 0.464 e. The normalized spacial score (nSPS) is 14.8. The van der Waals surface area contributed by atoms with E-state index in [-0.39, 0.29) is 23.3 Å². The molecule has 0 unspecified atom stereocenters. The van der Waals surface area contributed by atoms with E-state index in [1.54, 1.807) is 32.8 Å². The lowest BCUT2D eigenvalue weighted by Crippen LogP contribution is -2.45. The van der Waals surface area contributed by atoms with E-state index >= 15 is 0 Å². The number of H-pyrrole nitrogens is 1. The van der Waals surface area contributed by atoms with Gasteiger partial charge in [-0.05, 0) is 45.6 Å². The fourth-order valence-corrected chi connectivity index (χ4v) is 3.21. The van der Waals surface area contributed by atoms with Crippen LogP contribution in [0.4, 0.5) is 0 Å². The summed E-state index contributed by atoms with van der Waals surface area (Å²) in [6.07, 6.45) is 2.44. The van der Waals surface area contributed by atoms with Crippen LogP contribution in [0, 0.1) is 19.8 Å². The van der Waals surface area contributed by atoms with Crippen molar-refractivity contribution in [2.24, 2.45) is 5.92 Å². The van der Waals surface area contributed by atoms with Gasteiger partial charge in [-0.15, -0.1) is 0 Å². The van der Waals surface area contributed by atoms with Crippen molar-refractivity contribution in [1.82, 2.24) is 9.88 Å². The number of methoxy groups -OCH3 is 2. The van der Waals surface area contributed by atoms with Crippen LogP contribution in [0.5, 0.6) is 0 Å². The predicted octanol–water partition coefficient (Wildman–Crippen LogP) is 2.26. The highest BCUT2D eigenvalue weighted by Crippen LogP contribution is 2.32. The minimum atomic E-state index is -0.598. The third-order valence-corrected chi connectivity index (χ3v) is 4.88. The molecule has 1 aromatic heterocycles. The summed E-state index contributed by atoms with van der Waals surface area (Å²) in [5.74, 6) is -0.617. The topological polar surface area (TPSA) is 88.7 Å². The molecule has 1 saturated carbocycles. The van der Waals surface area contributed by atoms with Gasteiger partial charge in [-0.1, -0.05) is 0 Å². The Balaban J connectivity index is 2.26. The summed E-state index contributed by atoms with van der Waals surface area (Å²) in [4.78, 5) is 42.2. The maximum Gasteiger partial charge on any atom is 0.354 e. The zero-order valence-electron chi connectivity index (χ0n) is 16.2. The third kappa shape index (κ3) is 4.15. The van der Waals surface area contributed by atoms with Crippen molar-refractivity contribution in [1.29, 1.82) is 0 Å². The monoisotopic (exact) mass is 364 g/mol. The van der Waals surface area contributed by atoms with Crippen LogP contribution in [0.3, 0.4) is 0 Å². The Hall–Kier alpha value is -2.15. The predicted molar refractivity (Wildman–Crippen MR) is 96.3 cm³/mol. The number of esters is 1. The summed E-state index contributed by atoms with van der Waals surface area (Å²) < 4.78 is 9.83. The molecule has 1 aliphatic rings. The molecular weight excluding hydrogens is 336 g/mol. The zero-order chi connectivity index (χ0) is 19.4.